The molecule has 0 aliphatic carbocycles. The van der Waals surface area contributed by atoms with Crippen molar-refractivity contribution in [2.45, 2.75) is 19.4 Å². The Bertz CT molecular complexity index is 936. The molecule has 1 atom stereocenters. The number of nitrogens with zero attached hydrogens (tertiary/aromatic N) is 2. The molecule has 0 bridgehead atoms. The van der Waals surface area contributed by atoms with Crippen LogP contribution in [0.2, 0.25) is 0 Å². The number of amides is 1. The number of carbonyl (C=O) groups excluding carboxylic acids is 1. The molecule has 26 heavy (non-hydrogen) atoms. The number of benzene rings is 1. The average molecular weight is 377 g/mol. The lowest BCUT2D eigenvalue weighted by atomic mass is 10.0. The van der Waals surface area contributed by atoms with Gasteiger partial charge >= 0.3 is 0 Å². The molecule has 0 radical (unpaired) electrons. The van der Waals surface area contributed by atoms with Crippen molar-refractivity contribution in [1.82, 2.24) is 20.8 Å². The van der Waals surface area contributed by atoms with Crippen LogP contribution in [0.15, 0.2) is 34.9 Å². The minimum absolute atomic E-state index is 0. The molecule has 1 unspecified atom stereocenters. The molecule has 1 aliphatic heterocycles. The van der Waals surface area contributed by atoms with Crippen molar-refractivity contribution in [1.29, 1.82) is 0 Å². The van der Waals surface area contributed by atoms with Gasteiger partial charge in [0.05, 0.1) is 22.3 Å². The van der Waals surface area contributed by atoms with Crippen molar-refractivity contribution in [3.63, 3.8) is 0 Å². The van der Waals surface area contributed by atoms with Crippen LogP contribution in [-0.2, 0) is 0 Å². The number of fused-ring (bicyclic) bond motifs is 1. The highest BCUT2D eigenvalue weighted by Crippen LogP contribution is 2.27. The Morgan fingerprint density at radius 3 is 2.81 bits per heavy atom. The summed E-state index contributed by atoms with van der Waals surface area (Å²) in [6.45, 7) is 3.43. The number of hydrogen-bond acceptors (Lipinski definition) is 5. The van der Waals surface area contributed by atoms with Gasteiger partial charge in [-0.05, 0) is 50.2 Å². The zero-order valence-electron chi connectivity index (χ0n) is 14.1. The Morgan fingerprint density at radius 2 is 2.12 bits per heavy atom. The first-order chi connectivity index (χ1) is 12.1. The molecule has 0 spiro atoms. The fourth-order valence-corrected chi connectivity index (χ4v) is 3.08. The third kappa shape index (κ3) is 3.40. The Morgan fingerprint density at radius 1 is 1.35 bits per heavy atom. The van der Waals surface area contributed by atoms with E-state index in [0.717, 1.165) is 19.5 Å². The second kappa shape index (κ2) is 7.39. The smallest absolute Gasteiger partial charge is 0.259 e. The molecule has 4 rings (SSSR count). The van der Waals surface area contributed by atoms with Crippen LogP contribution in [0.3, 0.4) is 0 Å². The Labute approximate surface area is 155 Å². The maximum atomic E-state index is 13.2. The lowest BCUT2D eigenvalue weighted by Gasteiger charge is -2.12. The Balaban J connectivity index is 0.00000196. The van der Waals surface area contributed by atoms with E-state index in [2.05, 4.69) is 20.8 Å². The molecule has 1 aromatic carbocycles. The summed E-state index contributed by atoms with van der Waals surface area (Å²) in [6, 6.07) is 7.76. The summed E-state index contributed by atoms with van der Waals surface area (Å²) in [5.41, 5.74) is 2.62. The largest absolute Gasteiger partial charge is 0.348 e. The van der Waals surface area contributed by atoms with Gasteiger partial charge in [0.15, 0.2) is 0 Å². The standard InChI is InChI=1S/C18H17FN4O2.ClH/c1-10-16-14(17(24)21-13-6-7-20-9-13)8-15(22-18(16)25-23-10)11-2-4-12(19)5-3-11;/h2-5,8,13,20H,6-7,9H2,1H3,(H,21,24);1H. The highest BCUT2D eigenvalue weighted by molar-refractivity contribution is 6.07. The van der Waals surface area contributed by atoms with Gasteiger partial charge in [-0.1, -0.05) is 5.16 Å². The van der Waals surface area contributed by atoms with Crippen LogP contribution in [0.1, 0.15) is 22.5 Å². The van der Waals surface area contributed by atoms with Crippen molar-refractivity contribution < 1.29 is 13.7 Å². The molecule has 2 N–H and O–H groups in total. The molecule has 1 aliphatic rings. The van der Waals surface area contributed by atoms with E-state index in [4.69, 9.17) is 4.52 Å². The van der Waals surface area contributed by atoms with E-state index >= 15 is 0 Å². The van der Waals surface area contributed by atoms with E-state index < -0.39 is 0 Å². The summed E-state index contributed by atoms with van der Waals surface area (Å²) < 4.78 is 18.4. The van der Waals surface area contributed by atoms with Crippen molar-refractivity contribution in [2.75, 3.05) is 13.1 Å². The molecule has 8 heteroatoms. The van der Waals surface area contributed by atoms with E-state index in [0.29, 0.717) is 33.6 Å². The van der Waals surface area contributed by atoms with Crippen LogP contribution in [0, 0.1) is 12.7 Å². The number of aryl methyl sites for hydroxylation is 1. The van der Waals surface area contributed by atoms with Gasteiger partial charge in [0.25, 0.3) is 11.6 Å². The maximum Gasteiger partial charge on any atom is 0.259 e. The van der Waals surface area contributed by atoms with E-state index in [1.54, 1.807) is 25.1 Å². The Kier molecular flexibility index (Phi) is 5.20. The molecule has 0 saturated carbocycles. The summed E-state index contributed by atoms with van der Waals surface area (Å²) in [5.74, 6) is -0.511. The van der Waals surface area contributed by atoms with Crippen LogP contribution in [0.25, 0.3) is 22.4 Å². The van der Waals surface area contributed by atoms with Crippen molar-refractivity contribution in [3.05, 3.63) is 47.4 Å². The monoisotopic (exact) mass is 376 g/mol. The minimum atomic E-state index is -0.327. The molecule has 2 aromatic heterocycles. The minimum Gasteiger partial charge on any atom is -0.348 e. The van der Waals surface area contributed by atoms with Crippen LogP contribution in [0.5, 0.6) is 0 Å². The van der Waals surface area contributed by atoms with E-state index in [1.807, 2.05) is 0 Å². The van der Waals surface area contributed by atoms with Gasteiger partial charge in [-0.3, -0.25) is 4.79 Å². The number of pyridine rings is 1. The molecule has 1 saturated heterocycles. The molecule has 136 valence electrons. The quantitative estimate of drug-likeness (QED) is 0.734. The third-order valence-electron chi connectivity index (χ3n) is 4.40. The summed E-state index contributed by atoms with van der Waals surface area (Å²) in [4.78, 5) is 17.2. The molecule has 3 heterocycles. The predicted octanol–water partition coefficient (Wildman–Crippen LogP) is 2.85. The summed E-state index contributed by atoms with van der Waals surface area (Å²) in [5, 5.41) is 10.8. The first-order valence-electron chi connectivity index (χ1n) is 8.16. The van der Waals surface area contributed by atoms with E-state index in [-0.39, 0.29) is 30.2 Å². The van der Waals surface area contributed by atoms with Crippen LogP contribution >= 0.6 is 12.4 Å². The molecule has 1 amide bonds. The topological polar surface area (TPSA) is 80.0 Å². The molecule has 3 aromatic rings. The fourth-order valence-electron chi connectivity index (χ4n) is 3.08. The molecule has 1 fully saturated rings. The third-order valence-corrected chi connectivity index (χ3v) is 4.40. The number of rotatable bonds is 3. The normalized spacial score (nSPS) is 16.5. The maximum absolute atomic E-state index is 13.2. The van der Waals surface area contributed by atoms with Crippen molar-refractivity contribution >= 4 is 29.4 Å². The fraction of sp³-hybridized carbons (Fsp3) is 0.278. The number of halogens is 2. The summed E-state index contributed by atoms with van der Waals surface area (Å²) >= 11 is 0. The average Bonchev–Trinajstić information content (AvgIpc) is 3.25. The zero-order chi connectivity index (χ0) is 17.4. The van der Waals surface area contributed by atoms with Gasteiger partial charge in [0, 0.05) is 18.2 Å². The number of hydrogen-bond donors (Lipinski definition) is 2. The first-order valence-corrected chi connectivity index (χ1v) is 8.16. The van der Waals surface area contributed by atoms with E-state index in [1.165, 1.54) is 12.1 Å². The molecular weight excluding hydrogens is 359 g/mol. The second-order valence-electron chi connectivity index (χ2n) is 6.17. The zero-order valence-corrected chi connectivity index (χ0v) is 14.9. The summed E-state index contributed by atoms with van der Waals surface area (Å²) in [6.07, 6.45) is 0.896. The summed E-state index contributed by atoms with van der Waals surface area (Å²) in [7, 11) is 0. The van der Waals surface area contributed by atoms with Crippen LogP contribution in [-0.4, -0.2) is 35.2 Å². The van der Waals surface area contributed by atoms with Gasteiger partial charge in [-0.25, -0.2) is 9.37 Å². The van der Waals surface area contributed by atoms with Gasteiger partial charge in [-0.15, -0.1) is 12.4 Å². The predicted molar refractivity (Wildman–Crippen MR) is 97.9 cm³/mol. The lowest BCUT2D eigenvalue weighted by Crippen LogP contribution is -2.36. The van der Waals surface area contributed by atoms with Crippen LogP contribution in [0.4, 0.5) is 4.39 Å². The number of aromatic nitrogens is 2. The second-order valence-corrected chi connectivity index (χ2v) is 6.17. The SMILES string of the molecule is Cc1noc2nc(-c3ccc(F)cc3)cc(C(=O)NC3CCNC3)c12.Cl. The van der Waals surface area contributed by atoms with Crippen molar-refractivity contribution in [2.24, 2.45) is 0 Å². The first kappa shape index (κ1) is 18.3. The van der Waals surface area contributed by atoms with Gasteiger partial charge < -0.3 is 15.2 Å². The van der Waals surface area contributed by atoms with Gasteiger partial charge in [0.2, 0.25) is 0 Å². The number of carbonyl (C=O) groups is 1. The highest BCUT2D eigenvalue weighted by atomic mass is 35.5. The number of nitrogens with one attached hydrogen (secondary N) is 2. The van der Waals surface area contributed by atoms with E-state index in [9.17, 15) is 9.18 Å². The lowest BCUT2D eigenvalue weighted by molar-refractivity contribution is 0.0941. The van der Waals surface area contributed by atoms with Gasteiger partial charge in [0.1, 0.15) is 5.82 Å². The Hall–Kier alpha value is -2.51. The van der Waals surface area contributed by atoms with Crippen molar-refractivity contribution in [3.8, 4) is 11.3 Å². The van der Waals surface area contributed by atoms with Gasteiger partial charge in [-0.2, -0.15) is 0 Å². The molecular formula is C18H18ClFN4O2. The molecule has 6 nitrogen and oxygen atoms in total. The van der Waals surface area contributed by atoms with Crippen LogP contribution < -0.4 is 10.6 Å². The highest BCUT2D eigenvalue weighted by Gasteiger charge is 2.23.